The van der Waals surface area contributed by atoms with Gasteiger partial charge in [0.25, 0.3) is 5.56 Å². The molecule has 1 aliphatic heterocycles. The van der Waals surface area contributed by atoms with Crippen LogP contribution in [0.4, 0.5) is 17.1 Å². The van der Waals surface area contributed by atoms with Gasteiger partial charge in [-0.15, -0.1) is 0 Å². The third kappa shape index (κ3) is 3.12. The second kappa shape index (κ2) is 6.50. The summed E-state index contributed by atoms with van der Waals surface area (Å²) >= 11 is 6.24. The van der Waals surface area contributed by atoms with Crippen molar-refractivity contribution in [2.45, 2.75) is 13.5 Å². The molecule has 23 heavy (non-hydrogen) atoms. The standard InChI is InChI=1S/C16H20ClN5O/c1-2-22-16(23)15(17)14(11-19-22)21-9-7-20(8-10-21)13-5-3-12(18)4-6-13/h3-6,11H,2,7-10,18H2,1H3. The van der Waals surface area contributed by atoms with Gasteiger partial charge in [0.15, 0.2) is 0 Å². The van der Waals surface area contributed by atoms with Gasteiger partial charge in [-0.1, -0.05) is 11.6 Å². The van der Waals surface area contributed by atoms with Gasteiger partial charge < -0.3 is 15.5 Å². The zero-order valence-electron chi connectivity index (χ0n) is 13.1. The van der Waals surface area contributed by atoms with Crippen LogP contribution in [0, 0.1) is 0 Å². The first kappa shape index (κ1) is 15.7. The molecular formula is C16H20ClN5O. The van der Waals surface area contributed by atoms with E-state index >= 15 is 0 Å². The molecule has 3 rings (SSSR count). The quantitative estimate of drug-likeness (QED) is 0.868. The number of nitrogen functional groups attached to an aromatic ring is 1. The van der Waals surface area contributed by atoms with Crippen LogP contribution in [0.3, 0.4) is 0 Å². The van der Waals surface area contributed by atoms with E-state index in [0.717, 1.165) is 43.2 Å². The molecule has 2 aromatic rings. The summed E-state index contributed by atoms with van der Waals surface area (Å²) in [5.41, 5.74) is 8.14. The van der Waals surface area contributed by atoms with Crippen molar-refractivity contribution >= 4 is 28.7 Å². The van der Waals surface area contributed by atoms with E-state index in [1.54, 1.807) is 6.20 Å². The van der Waals surface area contributed by atoms with Crippen molar-refractivity contribution < 1.29 is 0 Å². The maximum Gasteiger partial charge on any atom is 0.287 e. The van der Waals surface area contributed by atoms with Crippen LogP contribution < -0.4 is 21.1 Å². The lowest BCUT2D eigenvalue weighted by molar-refractivity contribution is 0.606. The van der Waals surface area contributed by atoms with Gasteiger partial charge in [-0.25, -0.2) is 4.68 Å². The molecule has 0 unspecified atom stereocenters. The predicted molar refractivity (Wildman–Crippen MR) is 94.5 cm³/mol. The van der Waals surface area contributed by atoms with Crippen LogP contribution in [0.5, 0.6) is 0 Å². The molecule has 6 nitrogen and oxygen atoms in total. The molecule has 0 atom stereocenters. The maximum absolute atomic E-state index is 12.1. The van der Waals surface area contributed by atoms with Gasteiger partial charge in [0.2, 0.25) is 0 Å². The van der Waals surface area contributed by atoms with Crippen molar-refractivity contribution in [3.05, 3.63) is 45.8 Å². The van der Waals surface area contributed by atoms with E-state index in [1.807, 2.05) is 31.2 Å². The minimum atomic E-state index is -0.229. The number of aryl methyl sites for hydroxylation is 1. The molecular weight excluding hydrogens is 314 g/mol. The van der Waals surface area contributed by atoms with Crippen LogP contribution in [0.15, 0.2) is 35.3 Å². The molecule has 0 amide bonds. The smallest absolute Gasteiger partial charge is 0.287 e. The van der Waals surface area contributed by atoms with Crippen LogP contribution in [0.1, 0.15) is 6.92 Å². The van der Waals surface area contributed by atoms with Crippen LogP contribution in [-0.2, 0) is 6.54 Å². The molecule has 7 heteroatoms. The fourth-order valence-electron chi connectivity index (χ4n) is 2.79. The summed E-state index contributed by atoms with van der Waals surface area (Å²) in [6, 6.07) is 7.88. The van der Waals surface area contributed by atoms with Gasteiger partial charge in [-0.05, 0) is 31.2 Å². The summed E-state index contributed by atoms with van der Waals surface area (Å²) in [5, 5.41) is 4.42. The maximum atomic E-state index is 12.1. The highest BCUT2D eigenvalue weighted by Crippen LogP contribution is 2.24. The Bertz CT molecular complexity index is 735. The topological polar surface area (TPSA) is 67.4 Å². The second-order valence-electron chi connectivity index (χ2n) is 5.53. The molecule has 2 heterocycles. The van der Waals surface area contributed by atoms with E-state index in [9.17, 15) is 4.79 Å². The zero-order chi connectivity index (χ0) is 16.4. The Labute approximate surface area is 140 Å². The first-order chi connectivity index (χ1) is 11.1. The lowest BCUT2D eigenvalue weighted by Gasteiger charge is -2.37. The Hall–Kier alpha value is -2.21. The van der Waals surface area contributed by atoms with Crippen molar-refractivity contribution in [1.82, 2.24) is 9.78 Å². The first-order valence-corrected chi connectivity index (χ1v) is 8.09. The van der Waals surface area contributed by atoms with Crippen molar-refractivity contribution in [2.75, 3.05) is 41.7 Å². The summed E-state index contributed by atoms with van der Waals surface area (Å²) in [7, 11) is 0. The number of aromatic nitrogens is 2. The van der Waals surface area contributed by atoms with Crippen molar-refractivity contribution in [2.24, 2.45) is 0 Å². The summed E-state index contributed by atoms with van der Waals surface area (Å²) in [4.78, 5) is 16.5. The Morgan fingerprint density at radius 1 is 1.13 bits per heavy atom. The Morgan fingerprint density at radius 2 is 1.74 bits per heavy atom. The highest BCUT2D eigenvalue weighted by molar-refractivity contribution is 6.33. The molecule has 0 radical (unpaired) electrons. The van der Waals surface area contributed by atoms with E-state index < -0.39 is 0 Å². The van der Waals surface area contributed by atoms with Crippen LogP contribution in [-0.4, -0.2) is 36.0 Å². The summed E-state index contributed by atoms with van der Waals surface area (Å²) in [5.74, 6) is 0. The number of nitrogens with zero attached hydrogens (tertiary/aromatic N) is 4. The van der Waals surface area contributed by atoms with Crippen molar-refractivity contribution in [3.63, 3.8) is 0 Å². The number of hydrogen-bond donors (Lipinski definition) is 1. The van der Waals surface area contributed by atoms with Gasteiger partial charge in [0, 0.05) is 44.1 Å². The van der Waals surface area contributed by atoms with Crippen LogP contribution in [0.25, 0.3) is 0 Å². The lowest BCUT2D eigenvalue weighted by Crippen LogP contribution is -2.47. The SMILES string of the molecule is CCn1ncc(N2CCN(c3ccc(N)cc3)CC2)c(Cl)c1=O. The second-order valence-corrected chi connectivity index (χ2v) is 5.91. The Kier molecular flexibility index (Phi) is 4.43. The zero-order valence-corrected chi connectivity index (χ0v) is 13.8. The third-order valence-corrected chi connectivity index (χ3v) is 4.50. The lowest BCUT2D eigenvalue weighted by atomic mass is 10.2. The minimum Gasteiger partial charge on any atom is -0.399 e. The van der Waals surface area contributed by atoms with Gasteiger partial charge in [-0.2, -0.15) is 5.10 Å². The average Bonchev–Trinajstić information content (AvgIpc) is 2.58. The van der Waals surface area contributed by atoms with E-state index in [0.29, 0.717) is 6.54 Å². The molecule has 1 aliphatic rings. The molecule has 0 bridgehead atoms. The van der Waals surface area contributed by atoms with Crippen LogP contribution >= 0.6 is 11.6 Å². The summed E-state index contributed by atoms with van der Waals surface area (Å²) in [6.45, 7) is 5.69. The van der Waals surface area contributed by atoms with E-state index in [-0.39, 0.29) is 10.6 Å². The summed E-state index contributed by atoms with van der Waals surface area (Å²) in [6.07, 6.45) is 1.69. The average molecular weight is 334 g/mol. The molecule has 0 spiro atoms. The van der Waals surface area contributed by atoms with Crippen molar-refractivity contribution in [3.8, 4) is 0 Å². The molecule has 1 aromatic heterocycles. The van der Waals surface area contributed by atoms with Gasteiger partial charge in [-0.3, -0.25) is 4.79 Å². The molecule has 122 valence electrons. The van der Waals surface area contributed by atoms with Gasteiger partial charge >= 0.3 is 0 Å². The highest BCUT2D eigenvalue weighted by Gasteiger charge is 2.21. The van der Waals surface area contributed by atoms with Crippen molar-refractivity contribution in [1.29, 1.82) is 0 Å². The molecule has 2 N–H and O–H groups in total. The molecule has 0 saturated carbocycles. The fraction of sp³-hybridized carbons (Fsp3) is 0.375. The van der Waals surface area contributed by atoms with Gasteiger partial charge in [0.1, 0.15) is 5.02 Å². The number of piperazine rings is 1. The molecule has 0 aliphatic carbocycles. The molecule has 1 saturated heterocycles. The molecule has 1 fully saturated rings. The van der Waals surface area contributed by atoms with E-state index in [2.05, 4.69) is 14.9 Å². The number of anilines is 3. The number of nitrogens with two attached hydrogens (primary N) is 1. The first-order valence-electron chi connectivity index (χ1n) is 7.71. The predicted octanol–water partition coefficient (Wildman–Crippen LogP) is 1.83. The van der Waals surface area contributed by atoms with E-state index in [1.165, 1.54) is 4.68 Å². The number of benzene rings is 1. The normalized spacial score (nSPS) is 15.0. The number of halogens is 1. The van der Waals surface area contributed by atoms with Crippen LogP contribution in [0.2, 0.25) is 5.02 Å². The minimum absolute atomic E-state index is 0.229. The Morgan fingerprint density at radius 3 is 2.35 bits per heavy atom. The molecule has 1 aromatic carbocycles. The monoisotopic (exact) mass is 333 g/mol. The Balaban J connectivity index is 1.73. The highest BCUT2D eigenvalue weighted by atomic mass is 35.5. The number of hydrogen-bond acceptors (Lipinski definition) is 5. The van der Waals surface area contributed by atoms with Gasteiger partial charge in [0.05, 0.1) is 11.9 Å². The largest absolute Gasteiger partial charge is 0.399 e. The number of rotatable bonds is 3. The summed E-state index contributed by atoms with van der Waals surface area (Å²) < 4.78 is 1.37. The third-order valence-electron chi connectivity index (χ3n) is 4.14. The fourth-order valence-corrected chi connectivity index (χ4v) is 3.06. The van der Waals surface area contributed by atoms with E-state index in [4.69, 9.17) is 17.3 Å².